The molecule has 0 saturated carbocycles. The highest BCUT2D eigenvalue weighted by Gasteiger charge is 2.20. The Balaban J connectivity index is 2.45. The van der Waals surface area contributed by atoms with Crippen molar-refractivity contribution < 1.29 is 14.7 Å². The van der Waals surface area contributed by atoms with E-state index in [1.165, 1.54) is 6.08 Å². The van der Waals surface area contributed by atoms with E-state index in [2.05, 4.69) is 5.32 Å². The van der Waals surface area contributed by atoms with Gasteiger partial charge in [0, 0.05) is 22.9 Å². The molecule has 1 rings (SSSR count). The lowest BCUT2D eigenvalue weighted by molar-refractivity contribution is -0.137. The predicted octanol–water partition coefficient (Wildman–Crippen LogP) is 2.52. The minimum atomic E-state index is -0.855. The van der Waals surface area contributed by atoms with E-state index in [0.29, 0.717) is 6.42 Å². The van der Waals surface area contributed by atoms with Crippen molar-refractivity contribution in [2.24, 2.45) is 0 Å². The Kier molecular flexibility index (Phi) is 5.09. The number of aliphatic carboxylic acids is 1. The Hall–Kier alpha value is -1.62. The molecule has 98 valence electrons. The van der Waals surface area contributed by atoms with Gasteiger partial charge in [-0.15, -0.1) is 11.3 Å². The summed E-state index contributed by atoms with van der Waals surface area (Å²) in [6.45, 7) is 3.62. The van der Waals surface area contributed by atoms with E-state index in [1.807, 2.05) is 31.4 Å². The van der Waals surface area contributed by atoms with Crippen molar-refractivity contribution >= 4 is 29.3 Å². The van der Waals surface area contributed by atoms with E-state index >= 15 is 0 Å². The van der Waals surface area contributed by atoms with Gasteiger partial charge in [-0.1, -0.05) is 6.07 Å². The first-order valence-corrected chi connectivity index (χ1v) is 6.52. The Bertz CT molecular complexity index is 435. The highest BCUT2D eigenvalue weighted by Crippen LogP contribution is 2.12. The Morgan fingerprint density at radius 2 is 2.22 bits per heavy atom. The number of carbonyl (C=O) groups is 2. The minimum Gasteiger partial charge on any atom is -0.481 e. The predicted molar refractivity (Wildman–Crippen MR) is 72.4 cm³/mol. The molecule has 5 heteroatoms. The van der Waals surface area contributed by atoms with Gasteiger partial charge in [0.15, 0.2) is 0 Å². The van der Waals surface area contributed by atoms with Crippen molar-refractivity contribution in [3.05, 3.63) is 28.5 Å². The SMILES string of the molecule is CC(C)(CCC(=O)O)NC(=O)C=Cc1cccs1. The van der Waals surface area contributed by atoms with Crippen molar-refractivity contribution in [1.29, 1.82) is 0 Å². The van der Waals surface area contributed by atoms with Crippen LogP contribution in [0.4, 0.5) is 0 Å². The number of amides is 1. The van der Waals surface area contributed by atoms with Crippen molar-refractivity contribution in [2.45, 2.75) is 32.2 Å². The maximum atomic E-state index is 11.7. The van der Waals surface area contributed by atoms with Crippen LogP contribution in [-0.2, 0) is 9.59 Å². The van der Waals surface area contributed by atoms with Crippen molar-refractivity contribution in [2.75, 3.05) is 0 Å². The molecule has 0 unspecified atom stereocenters. The lowest BCUT2D eigenvalue weighted by Crippen LogP contribution is -2.42. The molecule has 1 aromatic heterocycles. The molecule has 1 aromatic rings. The first-order chi connectivity index (χ1) is 8.39. The summed E-state index contributed by atoms with van der Waals surface area (Å²) in [5, 5.41) is 13.3. The fourth-order valence-electron chi connectivity index (χ4n) is 1.40. The quantitative estimate of drug-likeness (QED) is 0.778. The number of thiophene rings is 1. The largest absolute Gasteiger partial charge is 0.481 e. The van der Waals surface area contributed by atoms with Crippen LogP contribution in [0.25, 0.3) is 6.08 Å². The third kappa shape index (κ3) is 5.63. The van der Waals surface area contributed by atoms with Crippen LogP contribution >= 0.6 is 11.3 Å². The molecule has 0 aliphatic carbocycles. The molecule has 2 N–H and O–H groups in total. The normalized spacial score (nSPS) is 11.7. The number of nitrogens with one attached hydrogen (secondary N) is 1. The molecule has 0 atom stereocenters. The second kappa shape index (κ2) is 6.35. The summed E-state index contributed by atoms with van der Waals surface area (Å²) in [7, 11) is 0. The van der Waals surface area contributed by atoms with Crippen LogP contribution in [0.3, 0.4) is 0 Å². The first kappa shape index (κ1) is 14.4. The van der Waals surface area contributed by atoms with Gasteiger partial charge in [-0.25, -0.2) is 0 Å². The van der Waals surface area contributed by atoms with Gasteiger partial charge in [-0.3, -0.25) is 9.59 Å². The number of carbonyl (C=O) groups excluding carboxylic acids is 1. The van der Waals surface area contributed by atoms with Gasteiger partial charge in [0.2, 0.25) is 5.91 Å². The highest BCUT2D eigenvalue weighted by molar-refractivity contribution is 7.10. The van der Waals surface area contributed by atoms with Crippen LogP contribution in [0.1, 0.15) is 31.6 Å². The van der Waals surface area contributed by atoms with E-state index in [0.717, 1.165) is 4.88 Å². The third-order valence-corrected chi connectivity index (χ3v) is 3.21. The lowest BCUT2D eigenvalue weighted by Gasteiger charge is -2.24. The molecule has 18 heavy (non-hydrogen) atoms. The highest BCUT2D eigenvalue weighted by atomic mass is 32.1. The van der Waals surface area contributed by atoms with Crippen LogP contribution in [0.2, 0.25) is 0 Å². The second-order valence-electron chi connectivity index (χ2n) is 4.62. The summed E-state index contributed by atoms with van der Waals surface area (Å²) in [5.74, 6) is -1.06. The van der Waals surface area contributed by atoms with Crippen LogP contribution in [0, 0.1) is 0 Å². The zero-order valence-corrected chi connectivity index (χ0v) is 11.3. The average molecular weight is 267 g/mol. The monoisotopic (exact) mass is 267 g/mol. The van der Waals surface area contributed by atoms with Crippen molar-refractivity contribution in [1.82, 2.24) is 5.32 Å². The molecule has 0 spiro atoms. The molecular weight excluding hydrogens is 250 g/mol. The first-order valence-electron chi connectivity index (χ1n) is 5.64. The number of carboxylic acid groups (broad SMARTS) is 1. The molecule has 0 aliphatic heterocycles. The number of hydrogen-bond acceptors (Lipinski definition) is 3. The molecule has 0 bridgehead atoms. The van der Waals surface area contributed by atoms with E-state index in [9.17, 15) is 9.59 Å². The molecular formula is C13H17NO3S. The number of carboxylic acids is 1. The second-order valence-corrected chi connectivity index (χ2v) is 5.59. The topological polar surface area (TPSA) is 66.4 Å². The molecule has 0 aromatic carbocycles. The summed E-state index contributed by atoms with van der Waals surface area (Å²) < 4.78 is 0. The van der Waals surface area contributed by atoms with Gasteiger partial charge in [0.1, 0.15) is 0 Å². The summed E-state index contributed by atoms with van der Waals surface area (Å²) in [5.41, 5.74) is -0.519. The van der Waals surface area contributed by atoms with Crippen LogP contribution < -0.4 is 5.32 Å². The zero-order chi connectivity index (χ0) is 13.6. The number of rotatable bonds is 6. The third-order valence-electron chi connectivity index (χ3n) is 2.37. The Labute approximate surface area is 110 Å². The molecule has 1 amide bonds. The van der Waals surface area contributed by atoms with Crippen molar-refractivity contribution in [3.63, 3.8) is 0 Å². The fourth-order valence-corrected chi connectivity index (χ4v) is 2.02. The van der Waals surface area contributed by atoms with E-state index in [1.54, 1.807) is 17.4 Å². The average Bonchev–Trinajstić information content (AvgIpc) is 2.76. The van der Waals surface area contributed by atoms with Crippen molar-refractivity contribution in [3.8, 4) is 0 Å². The molecule has 0 fully saturated rings. The lowest BCUT2D eigenvalue weighted by atomic mass is 9.98. The van der Waals surface area contributed by atoms with E-state index in [-0.39, 0.29) is 12.3 Å². The maximum absolute atomic E-state index is 11.7. The standard InChI is InChI=1S/C13H17NO3S/c1-13(2,8-7-12(16)17)14-11(15)6-5-10-4-3-9-18-10/h3-6,9H,7-8H2,1-2H3,(H,14,15)(H,16,17). The Morgan fingerprint density at radius 3 is 2.78 bits per heavy atom. The van der Waals surface area contributed by atoms with E-state index < -0.39 is 11.5 Å². The van der Waals surface area contributed by atoms with Crippen LogP contribution in [0.15, 0.2) is 23.6 Å². The Morgan fingerprint density at radius 1 is 1.50 bits per heavy atom. The van der Waals surface area contributed by atoms with Gasteiger partial charge in [0.25, 0.3) is 0 Å². The van der Waals surface area contributed by atoms with Gasteiger partial charge in [-0.2, -0.15) is 0 Å². The summed E-state index contributed by atoms with van der Waals surface area (Å²) >= 11 is 1.55. The molecule has 1 heterocycles. The maximum Gasteiger partial charge on any atom is 0.303 e. The molecule has 0 radical (unpaired) electrons. The van der Waals surface area contributed by atoms with Gasteiger partial charge >= 0.3 is 5.97 Å². The molecule has 4 nitrogen and oxygen atoms in total. The van der Waals surface area contributed by atoms with Crippen LogP contribution in [-0.4, -0.2) is 22.5 Å². The molecule has 0 saturated heterocycles. The minimum absolute atomic E-state index is 0.0436. The van der Waals surface area contributed by atoms with Gasteiger partial charge < -0.3 is 10.4 Å². The number of hydrogen-bond donors (Lipinski definition) is 2. The molecule has 0 aliphatic rings. The van der Waals surface area contributed by atoms with Gasteiger partial charge in [-0.05, 0) is 37.8 Å². The van der Waals surface area contributed by atoms with Crippen LogP contribution in [0.5, 0.6) is 0 Å². The summed E-state index contributed by atoms with van der Waals surface area (Å²) in [6.07, 6.45) is 3.66. The smallest absolute Gasteiger partial charge is 0.303 e. The fraction of sp³-hybridized carbons (Fsp3) is 0.385. The zero-order valence-electron chi connectivity index (χ0n) is 10.5. The summed E-state index contributed by atoms with van der Waals surface area (Å²) in [4.78, 5) is 23.2. The van der Waals surface area contributed by atoms with E-state index in [4.69, 9.17) is 5.11 Å². The summed E-state index contributed by atoms with van der Waals surface area (Å²) in [6, 6.07) is 3.84. The van der Waals surface area contributed by atoms with Gasteiger partial charge in [0.05, 0.1) is 0 Å².